The first-order valence-electron chi connectivity index (χ1n) is 7.18. The summed E-state index contributed by atoms with van der Waals surface area (Å²) in [6, 6.07) is 5.49. The van der Waals surface area contributed by atoms with Gasteiger partial charge < -0.3 is 10.6 Å². The van der Waals surface area contributed by atoms with E-state index in [2.05, 4.69) is 22.5 Å². The molecule has 0 aromatic carbocycles. The van der Waals surface area contributed by atoms with Gasteiger partial charge in [0.15, 0.2) is 0 Å². The lowest BCUT2D eigenvalue weighted by Crippen LogP contribution is -2.30. The van der Waals surface area contributed by atoms with Crippen molar-refractivity contribution in [2.75, 3.05) is 18.4 Å². The van der Waals surface area contributed by atoms with E-state index in [1.54, 1.807) is 6.07 Å². The number of anilines is 1. The standard InChI is InChI=1S/C15H23N3O/c1-3-8-15(9-10-15)11-17-14(19)12-6-5-7-13(18-12)16-4-2/h5-7H,3-4,8-11H2,1-2H3,(H,16,18)(H,17,19). The minimum absolute atomic E-state index is 0.0675. The molecule has 0 unspecified atom stereocenters. The molecule has 4 heteroatoms. The lowest BCUT2D eigenvalue weighted by atomic mass is 10.0. The summed E-state index contributed by atoms with van der Waals surface area (Å²) < 4.78 is 0. The number of amides is 1. The molecule has 0 radical (unpaired) electrons. The molecule has 4 nitrogen and oxygen atoms in total. The van der Waals surface area contributed by atoms with Crippen LogP contribution < -0.4 is 10.6 Å². The zero-order valence-corrected chi connectivity index (χ0v) is 11.8. The Balaban J connectivity index is 1.91. The van der Waals surface area contributed by atoms with Crippen LogP contribution in [0.15, 0.2) is 18.2 Å². The Labute approximate surface area is 115 Å². The second kappa shape index (κ2) is 6.04. The third-order valence-corrected chi connectivity index (χ3v) is 3.70. The van der Waals surface area contributed by atoms with Crippen molar-refractivity contribution in [1.82, 2.24) is 10.3 Å². The SMILES string of the molecule is CCCC1(CNC(=O)c2cccc(NCC)n2)CC1. The molecule has 2 rings (SSSR count). The molecule has 1 aromatic rings. The van der Waals surface area contributed by atoms with Crippen LogP contribution in [-0.2, 0) is 0 Å². The van der Waals surface area contributed by atoms with Gasteiger partial charge in [0.2, 0.25) is 0 Å². The molecule has 2 N–H and O–H groups in total. The fourth-order valence-electron chi connectivity index (χ4n) is 2.42. The molecule has 1 aliphatic rings. The molecule has 1 aromatic heterocycles. The average molecular weight is 261 g/mol. The van der Waals surface area contributed by atoms with Gasteiger partial charge >= 0.3 is 0 Å². The maximum Gasteiger partial charge on any atom is 0.269 e. The number of hydrogen-bond donors (Lipinski definition) is 2. The van der Waals surface area contributed by atoms with Crippen molar-refractivity contribution in [2.24, 2.45) is 5.41 Å². The van der Waals surface area contributed by atoms with Crippen LogP contribution in [0.5, 0.6) is 0 Å². The summed E-state index contributed by atoms with van der Waals surface area (Å²) in [6.45, 7) is 5.80. The fraction of sp³-hybridized carbons (Fsp3) is 0.600. The summed E-state index contributed by atoms with van der Waals surface area (Å²) in [5.41, 5.74) is 0.870. The lowest BCUT2D eigenvalue weighted by molar-refractivity contribution is 0.0939. The Morgan fingerprint density at radius 1 is 1.37 bits per heavy atom. The van der Waals surface area contributed by atoms with Crippen molar-refractivity contribution >= 4 is 11.7 Å². The molecule has 104 valence electrons. The first kappa shape index (κ1) is 13.8. The second-order valence-electron chi connectivity index (χ2n) is 5.37. The number of nitrogens with zero attached hydrogens (tertiary/aromatic N) is 1. The van der Waals surface area contributed by atoms with Crippen LogP contribution in [0.25, 0.3) is 0 Å². The number of pyridine rings is 1. The Bertz CT molecular complexity index is 441. The molecule has 1 amide bonds. The van der Waals surface area contributed by atoms with Gasteiger partial charge in [-0.3, -0.25) is 4.79 Å². The van der Waals surface area contributed by atoms with Gasteiger partial charge in [-0.1, -0.05) is 19.4 Å². The van der Waals surface area contributed by atoms with Gasteiger partial charge in [-0.15, -0.1) is 0 Å². The van der Waals surface area contributed by atoms with Crippen molar-refractivity contribution in [2.45, 2.75) is 39.5 Å². The van der Waals surface area contributed by atoms with E-state index in [4.69, 9.17) is 0 Å². The molecular formula is C15H23N3O. The van der Waals surface area contributed by atoms with Gasteiger partial charge in [-0.05, 0) is 43.7 Å². The third-order valence-electron chi connectivity index (χ3n) is 3.70. The van der Waals surface area contributed by atoms with Crippen LogP contribution in [0.3, 0.4) is 0 Å². The average Bonchev–Trinajstić information content (AvgIpc) is 3.17. The van der Waals surface area contributed by atoms with Gasteiger partial charge in [0.05, 0.1) is 0 Å². The van der Waals surface area contributed by atoms with E-state index >= 15 is 0 Å². The van der Waals surface area contributed by atoms with Gasteiger partial charge in [0.1, 0.15) is 11.5 Å². The smallest absolute Gasteiger partial charge is 0.269 e. The highest BCUT2D eigenvalue weighted by Gasteiger charge is 2.41. The largest absolute Gasteiger partial charge is 0.370 e. The summed E-state index contributed by atoms with van der Waals surface area (Å²) in [6.07, 6.45) is 4.88. The Hall–Kier alpha value is -1.58. The Kier molecular flexibility index (Phi) is 4.40. The molecule has 0 saturated heterocycles. The number of aromatic nitrogens is 1. The van der Waals surface area contributed by atoms with Crippen molar-refractivity contribution in [3.05, 3.63) is 23.9 Å². The Morgan fingerprint density at radius 3 is 2.79 bits per heavy atom. The van der Waals surface area contributed by atoms with Crippen LogP contribution in [-0.4, -0.2) is 24.0 Å². The summed E-state index contributed by atoms with van der Waals surface area (Å²) in [5.74, 6) is 0.687. The van der Waals surface area contributed by atoms with Crippen molar-refractivity contribution in [3.8, 4) is 0 Å². The second-order valence-corrected chi connectivity index (χ2v) is 5.37. The maximum atomic E-state index is 12.1. The first-order valence-corrected chi connectivity index (χ1v) is 7.18. The Morgan fingerprint density at radius 2 is 2.16 bits per heavy atom. The quantitative estimate of drug-likeness (QED) is 0.793. The van der Waals surface area contributed by atoms with E-state index in [9.17, 15) is 4.79 Å². The predicted octanol–water partition coefficient (Wildman–Crippen LogP) is 2.82. The van der Waals surface area contributed by atoms with Crippen molar-refractivity contribution < 1.29 is 4.79 Å². The zero-order valence-electron chi connectivity index (χ0n) is 11.8. The highest BCUT2D eigenvalue weighted by molar-refractivity contribution is 5.92. The highest BCUT2D eigenvalue weighted by atomic mass is 16.1. The zero-order chi connectivity index (χ0) is 13.7. The molecule has 0 bridgehead atoms. The minimum Gasteiger partial charge on any atom is -0.370 e. The molecule has 0 spiro atoms. The highest BCUT2D eigenvalue weighted by Crippen LogP contribution is 2.48. The summed E-state index contributed by atoms with van der Waals surface area (Å²) in [4.78, 5) is 16.4. The molecule has 1 fully saturated rings. The van der Waals surface area contributed by atoms with E-state index < -0.39 is 0 Å². The minimum atomic E-state index is -0.0675. The van der Waals surface area contributed by atoms with Crippen LogP contribution in [0.4, 0.5) is 5.82 Å². The molecule has 19 heavy (non-hydrogen) atoms. The molecule has 1 saturated carbocycles. The number of nitrogens with one attached hydrogen (secondary N) is 2. The van der Waals surface area contributed by atoms with E-state index in [0.717, 1.165) is 18.9 Å². The summed E-state index contributed by atoms with van der Waals surface area (Å²) in [5, 5.41) is 6.14. The van der Waals surface area contributed by atoms with Crippen LogP contribution in [0.1, 0.15) is 50.0 Å². The molecule has 1 aliphatic carbocycles. The number of rotatable bonds is 7. The van der Waals surface area contributed by atoms with Crippen LogP contribution in [0, 0.1) is 5.41 Å². The lowest BCUT2D eigenvalue weighted by Gasteiger charge is -2.14. The number of carbonyl (C=O) groups is 1. The monoisotopic (exact) mass is 261 g/mol. The van der Waals surface area contributed by atoms with Crippen LogP contribution >= 0.6 is 0 Å². The van der Waals surface area contributed by atoms with Gasteiger partial charge in [0, 0.05) is 13.1 Å². The van der Waals surface area contributed by atoms with E-state index in [0.29, 0.717) is 11.1 Å². The molecule has 1 heterocycles. The van der Waals surface area contributed by atoms with E-state index in [-0.39, 0.29) is 5.91 Å². The topological polar surface area (TPSA) is 54.0 Å². The van der Waals surface area contributed by atoms with Gasteiger partial charge in [0.25, 0.3) is 5.91 Å². The molecular weight excluding hydrogens is 238 g/mol. The molecule has 0 atom stereocenters. The van der Waals surface area contributed by atoms with Crippen molar-refractivity contribution in [3.63, 3.8) is 0 Å². The number of carbonyl (C=O) groups excluding carboxylic acids is 1. The first-order chi connectivity index (χ1) is 9.19. The van der Waals surface area contributed by atoms with Crippen molar-refractivity contribution in [1.29, 1.82) is 0 Å². The number of hydrogen-bond acceptors (Lipinski definition) is 3. The predicted molar refractivity (Wildman–Crippen MR) is 77.3 cm³/mol. The normalized spacial score (nSPS) is 15.9. The summed E-state index contributed by atoms with van der Waals surface area (Å²) >= 11 is 0. The molecule has 0 aliphatic heterocycles. The summed E-state index contributed by atoms with van der Waals surface area (Å²) in [7, 11) is 0. The van der Waals surface area contributed by atoms with E-state index in [1.807, 2.05) is 19.1 Å². The van der Waals surface area contributed by atoms with E-state index in [1.165, 1.54) is 25.7 Å². The maximum absolute atomic E-state index is 12.1. The third kappa shape index (κ3) is 3.69. The van der Waals surface area contributed by atoms with Gasteiger partial charge in [-0.2, -0.15) is 0 Å². The van der Waals surface area contributed by atoms with Gasteiger partial charge in [-0.25, -0.2) is 4.98 Å². The van der Waals surface area contributed by atoms with Crippen LogP contribution in [0.2, 0.25) is 0 Å². The fourth-order valence-corrected chi connectivity index (χ4v) is 2.42.